The fourth-order valence-electron chi connectivity index (χ4n) is 1.96. The molecule has 0 bridgehead atoms. The molecule has 0 fully saturated rings. The van der Waals surface area contributed by atoms with Gasteiger partial charge in [-0.2, -0.15) is 0 Å². The van der Waals surface area contributed by atoms with Gasteiger partial charge >= 0.3 is 0 Å². The minimum absolute atomic E-state index is 0.166. The SMILES string of the molecule is CCCNc1nc(C(C)C)nc(NCC(C)OCC)c1C. The summed E-state index contributed by atoms with van der Waals surface area (Å²) in [7, 11) is 0. The molecule has 2 N–H and O–H groups in total. The molecule has 1 unspecified atom stereocenters. The lowest BCUT2D eigenvalue weighted by Gasteiger charge is -2.18. The van der Waals surface area contributed by atoms with Gasteiger partial charge < -0.3 is 15.4 Å². The minimum atomic E-state index is 0.166. The van der Waals surface area contributed by atoms with Gasteiger partial charge in [-0.15, -0.1) is 0 Å². The first-order valence-electron chi connectivity index (χ1n) is 7.97. The number of nitrogens with zero attached hydrogens (tertiary/aromatic N) is 2. The van der Waals surface area contributed by atoms with Crippen LogP contribution in [-0.4, -0.2) is 35.8 Å². The van der Waals surface area contributed by atoms with Crippen LogP contribution in [0, 0.1) is 6.92 Å². The molecule has 0 radical (unpaired) electrons. The highest BCUT2D eigenvalue weighted by Gasteiger charge is 2.13. The first-order chi connectivity index (χ1) is 9.99. The smallest absolute Gasteiger partial charge is 0.135 e. The molecule has 0 amide bonds. The van der Waals surface area contributed by atoms with Crippen molar-refractivity contribution in [2.75, 3.05) is 30.3 Å². The molecule has 1 atom stereocenters. The second kappa shape index (κ2) is 8.82. The van der Waals surface area contributed by atoms with Gasteiger partial charge in [-0.1, -0.05) is 20.8 Å². The third-order valence-electron chi connectivity index (χ3n) is 3.23. The van der Waals surface area contributed by atoms with E-state index in [-0.39, 0.29) is 6.10 Å². The topological polar surface area (TPSA) is 59.1 Å². The zero-order valence-electron chi connectivity index (χ0n) is 14.3. The highest BCUT2D eigenvalue weighted by Crippen LogP contribution is 2.23. The van der Waals surface area contributed by atoms with Crippen LogP contribution in [0.1, 0.15) is 58.3 Å². The monoisotopic (exact) mass is 294 g/mol. The summed E-state index contributed by atoms with van der Waals surface area (Å²) in [5.74, 6) is 3.00. The van der Waals surface area contributed by atoms with Crippen molar-refractivity contribution < 1.29 is 4.74 Å². The molecule has 1 aromatic rings. The van der Waals surface area contributed by atoms with E-state index in [9.17, 15) is 0 Å². The molecule has 0 saturated heterocycles. The Morgan fingerprint density at radius 3 is 2.19 bits per heavy atom. The van der Waals surface area contributed by atoms with Gasteiger partial charge in [-0.05, 0) is 27.2 Å². The Hall–Kier alpha value is -1.36. The Labute approximate surface area is 128 Å². The van der Waals surface area contributed by atoms with Gasteiger partial charge in [0.2, 0.25) is 0 Å². The molecule has 1 aromatic heterocycles. The van der Waals surface area contributed by atoms with Crippen molar-refractivity contribution in [2.45, 2.75) is 60.0 Å². The van der Waals surface area contributed by atoms with Crippen LogP contribution in [0.2, 0.25) is 0 Å². The van der Waals surface area contributed by atoms with Crippen molar-refractivity contribution in [1.29, 1.82) is 0 Å². The van der Waals surface area contributed by atoms with Gasteiger partial charge in [0.25, 0.3) is 0 Å². The average Bonchev–Trinajstić information content (AvgIpc) is 2.45. The van der Waals surface area contributed by atoms with E-state index in [0.29, 0.717) is 5.92 Å². The van der Waals surface area contributed by atoms with Crippen LogP contribution in [0.15, 0.2) is 0 Å². The molecular formula is C16H30N4O. The lowest BCUT2D eigenvalue weighted by atomic mass is 10.2. The fraction of sp³-hybridized carbons (Fsp3) is 0.750. The van der Waals surface area contributed by atoms with E-state index >= 15 is 0 Å². The van der Waals surface area contributed by atoms with Gasteiger partial charge in [0.15, 0.2) is 0 Å². The predicted octanol–water partition coefficient (Wildman–Crippen LogP) is 3.57. The first-order valence-corrected chi connectivity index (χ1v) is 7.97. The molecule has 0 aromatic carbocycles. The molecule has 5 heteroatoms. The van der Waals surface area contributed by atoms with Crippen molar-refractivity contribution in [2.24, 2.45) is 0 Å². The zero-order chi connectivity index (χ0) is 15.8. The largest absolute Gasteiger partial charge is 0.377 e. The lowest BCUT2D eigenvalue weighted by molar-refractivity contribution is 0.0854. The van der Waals surface area contributed by atoms with E-state index in [1.807, 2.05) is 6.92 Å². The standard InChI is InChI=1S/C16H30N4O/c1-7-9-17-15-13(6)16(18-10-12(5)21-8-2)20-14(19-15)11(3)4/h11-12H,7-10H2,1-6H3,(H2,17,18,19,20). The zero-order valence-corrected chi connectivity index (χ0v) is 14.3. The number of hydrogen-bond donors (Lipinski definition) is 2. The van der Waals surface area contributed by atoms with E-state index in [1.54, 1.807) is 0 Å². The maximum absolute atomic E-state index is 5.55. The van der Waals surface area contributed by atoms with Crippen LogP contribution >= 0.6 is 0 Å². The molecule has 21 heavy (non-hydrogen) atoms. The molecule has 120 valence electrons. The van der Waals surface area contributed by atoms with Gasteiger partial charge in [-0.25, -0.2) is 9.97 Å². The van der Waals surface area contributed by atoms with Crippen molar-refractivity contribution in [3.8, 4) is 0 Å². The summed E-state index contributed by atoms with van der Waals surface area (Å²) in [5, 5.41) is 6.78. The fourth-order valence-corrected chi connectivity index (χ4v) is 1.96. The number of rotatable bonds is 9. The Kier molecular flexibility index (Phi) is 7.43. The van der Waals surface area contributed by atoms with Crippen LogP contribution in [0.3, 0.4) is 0 Å². The van der Waals surface area contributed by atoms with Gasteiger partial charge in [-0.3, -0.25) is 0 Å². The summed E-state index contributed by atoms with van der Waals surface area (Å²) in [6.07, 6.45) is 1.24. The van der Waals surface area contributed by atoms with Crippen LogP contribution in [0.4, 0.5) is 11.6 Å². The van der Waals surface area contributed by atoms with Gasteiger partial charge in [0.05, 0.1) is 6.10 Å². The number of hydrogen-bond acceptors (Lipinski definition) is 5. The highest BCUT2D eigenvalue weighted by molar-refractivity contribution is 5.57. The van der Waals surface area contributed by atoms with Crippen molar-refractivity contribution in [3.63, 3.8) is 0 Å². The van der Waals surface area contributed by atoms with Crippen molar-refractivity contribution in [1.82, 2.24) is 9.97 Å². The molecular weight excluding hydrogens is 264 g/mol. The van der Waals surface area contributed by atoms with Crippen LogP contribution < -0.4 is 10.6 Å². The lowest BCUT2D eigenvalue weighted by Crippen LogP contribution is -2.21. The van der Waals surface area contributed by atoms with E-state index in [0.717, 1.165) is 49.1 Å². The molecule has 0 aliphatic heterocycles. The average molecular weight is 294 g/mol. The Balaban J connectivity index is 2.91. The second-order valence-electron chi connectivity index (χ2n) is 5.63. The normalized spacial score (nSPS) is 12.5. The second-order valence-corrected chi connectivity index (χ2v) is 5.63. The minimum Gasteiger partial charge on any atom is -0.377 e. The summed E-state index contributed by atoms with van der Waals surface area (Å²) in [6.45, 7) is 14.9. The Bertz CT molecular complexity index is 435. The maximum atomic E-state index is 5.55. The van der Waals surface area contributed by atoms with Crippen LogP contribution in [0.25, 0.3) is 0 Å². The molecule has 0 spiro atoms. The van der Waals surface area contributed by atoms with Crippen molar-refractivity contribution >= 4 is 11.6 Å². The van der Waals surface area contributed by atoms with Crippen LogP contribution in [-0.2, 0) is 4.74 Å². The maximum Gasteiger partial charge on any atom is 0.135 e. The van der Waals surface area contributed by atoms with Crippen LogP contribution in [0.5, 0.6) is 0 Å². The first kappa shape index (κ1) is 17.7. The molecule has 1 rings (SSSR count). The predicted molar refractivity (Wildman–Crippen MR) is 89.2 cm³/mol. The Morgan fingerprint density at radius 2 is 1.67 bits per heavy atom. The molecule has 0 aliphatic carbocycles. The summed E-state index contributed by atoms with van der Waals surface area (Å²) < 4.78 is 5.55. The number of ether oxygens (including phenoxy) is 1. The summed E-state index contributed by atoms with van der Waals surface area (Å²) in [5.41, 5.74) is 1.07. The van der Waals surface area contributed by atoms with Gasteiger partial charge in [0.1, 0.15) is 17.5 Å². The number of anilines is 2. The molecule has 5 nitrogen and oxygen atoms in total. The summed E-state index contributed by atoms with van der Waals surface area (Å²) in [6, 6.07) is 0. The molecule has 0 saturated carbocycles. The third-order valence-corrected chi connectivity index (χ3v) is 3.23. The van der Waals surface area contributed by atoms with E-state index in [1.165, 1.54) is 0 Å². The summed E-state index contributed by atoms with van der Waals surface area (Å²) >= 11 is 0. The Morgan fingerprint density at radius 1 is 1.05 bits per heavy atom. The van der Waals surface area contributed by atoms with Gasteiger partial charge in [0, 0.05) is 31.2 Å². The molecule has 0 aliphatic rings. The quantitative estimate of drug-likeness (QED) is 0.729. The summed E-state index contributed by atoms with van der Waals surface area (Å²) in [4.78, 5) is 9.29. The van der Waals surface area contributed by atoms with E-state index in [2.05, 4.69) is 55.2 Å². The molecule has 1 heterocycles. The van der Waals surface area contributed by atoms with Crippen molar-refractivity contribution in [3.05, 3.63) is 11.4 Å². The van der Waals surface area contributed by atoms with E-state index in [4.69, 9.17) is 4.74 Å². The number of nitrogens with one attached hydrogen (secondary N) is 2. The third kappa shape index (κ3) is 5.50. The number of aromatic nitrogens is 2. The van der Waals surface area contributed by atoms with E-state index < -0.39 is 0 Å². The highest BCUT2D eigenvalue weighted by atomic mass is 16.5.